The summed E-state index contributed by atoms with van der Waals surface area (Å²) in [6.45, 7) is 3.87. The van der Waals surface area contributed by atoms with E-state index in [-0.39, 0.29) is 11.3 Å². The van der Waals surface area contributed by atoms with Gasteiger partial charge < -0.3 is 5.32 Å². The average molecular weight is 281 g/mol. The van der Waals surface area contributed by atoms with Gasteiger partial charge in [0.05, 0.1) is 10.1 Å². The third-order valence-electron chi connectivity index (χ3n) is 4.11. The first-order chi connectivity index (χ1) is 8.96. The van der Waals surface area contributed by atoms with Crippen molar-refractivity contribution in [3.63, 3.8) is 0 Å². The van der Waals surface area contributed by atoms with Gasteiger partial charge in [-0.3, -0.25) is 0 Å². The minimum atomic E-state index is -3.23. The Kier molecular flexibility index (Phi) is 4.31. The van der Waals surface area contributed by atoms with Crippen LogP contribution in [0.3, 0.4) is 0 Å². The molecule has 1 aliphatic carbocycles. The second-order valence-electron chi connectivity index (χ2n) is 5.53. The maximum absolute atomic E-state index is 12.8. The summed E-state index contributed by atoms with van der Waals surface area (Å²) in [6.07, 6.45) is 3.84. The van der Waals surface area contributed by atoms with Crippen molar-refractivity contribution >= 4 is 9.84 Å². The molecule has 0 bridgehead atoms. The lowest BCUT2D eigenvalue weighted by Crippen LogP contribution is -2.44. The zero-order valence-electron chi connectivity index (χ0n) is 11.9. The van der Waals surface area contributed by atoms with E-state index in [2.05, 4.69) is 5.32 Å². The van der Waals surface area contributed by atoms with Gasteiger partial charge in [0.15, 0.2) is 9.84 Å². The van der Waals surface area contributed by atoms with Gasteiger partial charge in [-0.2, -0.15) is 0 Å². The molecule has 1 aromatic carbocycles. The fourth-order valence-corrected chi connectivity index (χ4v) is 5.35. The van der Waals surface area contributed by atoms with Crippen molar-refractivity contribution in [2.75, 3.05) is 7.05 Å². The molecular formula is C15H23NO2S. The van der Waals surface area contributed by atoms with Crippen molar-refractivity contribution in [3.05, 3.63) is 29.3 Å². The van der Waals surface area contributed by atoms with Gasteiger partial charge in [0.2, 0.25) is 0 Å². The number of hydrogen-bond donors (Lipinski definition) is 1. The molecule has 0 aromatic heterocycles. The van der Waals surface area contributed by atoms with Gasteiger partial charge in [-0.25, -0.2) is 8.42 Å². The zero-order chi connectivity index (χ0) is 14.0. The quantitative estimate of drug-likeness (QED) is 0.926. The summed E-state index contributed by atoms with van der Waals surface area (Å²) in [5, 5.41) is 2.90. The van der Waals surface area contributed by atoms with Gasteiger partial charge in [-0.15, -0.1) is 0 Å². The Hall–Kier alpha value is -0.870. The molecule has 1 aromatic rings. The highest BCUT2D eigenvalue weighted by molar-refractivity contribution is 7.92. The molecule has 3 nitrogen and oxygen atoms in total. The summed E-state index contributed by atoms with van der Waals surface area (Å²) in [5.41, 5.74) is 1.96. The van der Waals surface area contributed by atoms with E-state index in [1.807, 2.05) is 33.0 Å². The highest BCUT2D eigenvalue weighted by Gasteiger charge is 2.36. The minimum Gasteiger partial charge on any atom is -0.316 e. The molecule has 0 heterocycles. The molecule has 1 aliphatic rings. The Morgan fingerprint density at radius 1 is 1.16 bits per heavy atom. The third-order valence-corrected chi connectivity index (χ3v) is 6.54. The summed E-state index contributed by atoms with van der Waals surface area (Å²) >= 11 is 0. The van der Waals surface area contributed by atoms with Crippen molar-refractivity contribution in [3.8, 4) is 0 Å². The van der Waals surface area contributed by atoms with E-state index in [1.54, 1.807) is 6.07 Å². The van der Waals surface area contributed by atoms with Crippen LogP contribution in [-0.4, -0.2) is 26.8 Å². The topological polar surface area (TPSA) is 46.2 Å². The van der Waals surface area contributed by atoms with Crippen LogP contribution in [0, 0.1) is 13.8 Å². The number of aryl methyl sites for hydroxylation is 2. The molecule has 4 heteroatoms. The maximum Gasteiger partial charge on any atom is 0.183 e. The average Bonchev–Trinajstić information content (AvgIpc) is 2.38. The standard InChI is InChI=1S/C15H23NO2S/c1-11-8-9-14(12(2)10-11)19(17,18)15-7-5-4-6-13(15)16-3/h8-10,13,15-16H,4-7H2,1-3H3. The third kappa shape index (κ3) is 2.84. The Bertz CT molecular complexity index is 551. The fraction of sp³-hybridized carbons (Fsp3) is 0.600. The summed E-state index contributed by atoms with van der Waals surface area (Å²) in [7, 11) is -1.37. The number of benzene rings is 1. The van der Waals surface area contributed by atoms with Gasteiger partial charge in [0, 0.05) is 6.04 Å². The molecule has 2 unspecified atom stereocenters. The Balaban J connectivity index is 2.40. The van der Waals surface area contributed by atoms with Crippen molar-refractivity contribution < 1.29 is 8.42 Å². The lowest BCUT2D eigenvalue weighted by Gasteiger charge is -2.31. The molecule has 0 radical (unpaired) electrons. The first-order valence-corrected chi connectivity index (χ1v) is 8.50. The van der Waals surface area contributed by atoms with Crippen LogP contribution in [0.5, 0.6) is 0 Å². The summed E-state index contributed by atoms with van der Waals surface area (Å²) < 4.78 is 25.7. The molecule has 1 fully saturated rings. The van der Waals surface area contributed by atoms with Crippen LogP contribution < -0.4 is 5.32 Å². The molecule has 1 N–H and O–H groups in total. The molecule has 2 rings (SSSR count). The normalized spacial score (nSPS) is 24.4. The van der Waals surface area contributed by atoms with Crippen molar-refractivity contribution in [1.82, 2.24) is 5.32 Å². The largest absolute Gasteiger partial charge is 0.316 e. The second kappa shape index (κ2) is 5.63. The molecule has 0 spiro atoms. The van der Waals surface area contributed by atoms with Crippen LogP contribution >= 0.6 is 0 Å². The monoisotopic (exact) mass is 281 g/mol. The lowest BCUT2D eigenvalue weighted by atomic mass is 9.95. The number of rotatable bonds is 3. The number of nitrogens with one attached hydrogen (secondary N) is 1. The number of hydrogen-bond acceptors (Lipinski definition) is 3. The molecular weight excluding hydrogens is 258 g/mol. The summed E-state index contributed by atoms with van der Waals surface area (Å²) in [5.74, 6) is 0. The van der Waals surface area contributed by atoms with Crippen LogP contribution in [0.2, 0.25) is 0 Å². The Labute approximate surface area is 116 Å². The van der Waals surface area contributed by atoms with E-state index in [1.165, 1.54) is 0 Å². The highest BCUT2D eigenvalue weighted by atomic mass is 32.2. The molecule has 0 aliphatic heterocycles. The molecule has 19 heavy (non-hydrogen) atoms. The maximum atomic E-state index is 12.8. The Morgan fingerprint density at radius 2 is 1.84 bits per heavy atom. The van der Waals surface area contributed by atoms with Crippen LogP contribution in [-0.2, 0) is 9.84 Å². The van der Waals surface area contributed by atoms with Gasteiger partial charge in [-0.1, -0.05) is 30.5 Å². The van der Waals surface area contributed by atoms with Crippen LogP contribution in [0.1, 0.15) is 36.8 Å². The van der Waals surface area contributed by atoms with Crippen LogP contribution in [0.25, 0.3) is 0 Å². The molecule has 2 atom stereocenters. The van der Waals surface area contributed by atoms with Crippen LogP contribution in [0.15, 0.2) is 23.1 Å². The number of sulfone groups is 1. The van der Waals surface area contributed by atoms with E-state index in [0.717, 1.165) is 36.8 Å². The Morgan fingerprint density at radius 3 is 2.47 bits per heavy atom. The van der Waals surface area contributed by atoms with Gasteiger partial charge in [0.25, 0.3) is 0 Å². The van der Waals surface area contributed by atoms with Crippen LogP contribution in [0.4, 0.5) is 0 Å². The SMILES string of the molecule is CNC1CCCCC1S(=O)(=O)c1ccc(C)cc1C. The van der Waals surface area contributed by atoms with E-state index < -0.39 is 9.84 Å². The predicted molar refractivity (Wildman–Crippen MR) is 78.2 cm³/mol. The van der Waals surface area contributed by atoms with Gasteiger partial charge >= 0.3 is 0 Å². The van der Waals surface area contributed by atoms with E-state index in [9.17, 15) is 8.42 Å². The lowest BCUT2D eigenvalue weighted by molar-refractivity contribution is 0.389. The first kappa shape index (κ1) is 14.5. The molecule has 1 saturated carbocycles. The van der Waals surface area contributed by atoms with Crippen molar-refractivity contribution in [2.45, 2.75) is 55.7 Å². The molecule has 106 valence electrons. The molecule has 0 amide bonds. The molecule has 0 saturated heterocycles. The predicted octanol–water partition coefficient (Wildman–Crippen LogP) is 2.61. The smallest absolute Gasteiger partial charge is 0.183 e. The van der Waals surface area contributed by atoms with Crippen molar-refractivity contribution in [1.29, 1.82) is 0 Å². The van der Waals surface area contributed by atoms with E-state index >= 15 is 0 Å². The zero-order valence-corrected chi connectivity index (χ0v) is 12.8. The first-order valence-electron chi connectivity index (χ1n) is 6.95. The van der Waals surface area contributed by atoms with Gasteiger partial charge in [-0.05, 0) is 45.4 Å². The van der Waals surface area contributed by atoms with Crippen molar-refractivity contribution in [2.24, 2.45) is 0 Å². The van der Waals surface area contributed by atoms with Gasteiger partial charge in [0.1, 0.15) is 0 Å². The summed E-state index contributed by atoms with van der Waals surface area (Å²) in [4.78, 5) is 0.505. The van der Waals surface area contributed by atoms with E-state index in [4.69, 9.17) is 0 Å². The van der Waals surface area contributed by atoms with E-state index in [0.29, 0.717) is 4.90 Å². The highest BCUT2D eigenvalue weighted by Crippen LogP contribution is 2.30. The summed E-state index contributed by atoms with van der Waals surface area (Å²) in [6, 6.07) is 5.68. The second-order valence-corrected chi connectivity index (χ2v) is 7.67. The fourth-order valence-electron chi connectivity index (χ4n) is 3.08. The minimum absolute atomic E-state index is 0.0828.